The fourth-order valence-corrected chi connectivity index (χ4v) is 13.2. The summed E-state index contributed by atoms with van der Waals surface area (Å²) >= 11 is 0. The Morgan fingerprint density at radius 2 is 0.797 bits per heavy atom. The van der Waals surface area contributed by atoms with Gasteiger partial charge in [-0.2, -0.15) is 0 Å². The van der Waals surface area contributed by atoms with Gasteiger partial charge in [0.05, 0.1) is 68.9 Å². The third-order valence-corrected chi connectivity index (χ3v) is 19.6. The molecule has 0 radical (unpaired) electrons. The predicted molar refractivity (Wildman–Crippen MR) is 462 cm³/mol. The summed E-state index contributed by atoms with van der Waals surface area (Å²) in [6, 6.07) is 50.6. The monoisotopic (exact) mass is 1850 g/mol. The number of ether oxygens (including phenoxy) is 3. The van der Waals surface area contributed by atoms with Crippen LogP contribution in [0.15, 0.2) is 320 Å². The van der Waals surface area contributed by atoms with Crippen LogP contribution in [0, 0.1) is 20.8 Å². The molecule has 123 heavy (non-hydrogen) atoms. The maximum Gasteiger partial charge on any atom is 0.336 e. The van der Waals surface area contributed by atoms with Crippen LogP contribution in [0.3, 0.4) is 0 Å². The van der Waals surface area contributed by atoms with E-state index in [1.165, 1.54) is 41.5 Å². The van der Waals surface area contributed by atoms with Crippen molar-refractivity contribution < 1.29 is 130 Å². The molecule has 0 aliphatic rings. The maximum absolute atomic E-state index is 12.6. The van der Waals surface area contributed by atoms with Gasteiger partial charge in [-0.3, -0.25) is 14.4 Å². The van der Waals surface area contributed by atoms with Gasteiger partial charge in [-0.1, -0.05) is 96.6 Å². The summed E-state index contributed by atoms with van der Waals surface area (Å²) in [5.41, 5.74) is 13.7. The number of carbonyl (C=O) groups excluding carboxylic acids is 3. The van der Waals surface area contributed by atoms with Gasteiger partial charge in [0.2, 0.25) is 35.0 Å². The zero-order chi connectivity index (χ0) is 83.9. The van der Waals surface area contributed by atoms with Gasteiger partial charge in [0.15, 0.2) is 90.3 Å². The molecule has 0 atom stereocenters. The fourth-order valence-electron chi connectivity index (χ4n) is 13.2. The molecule has 0 aliphatic carbocycles. The Balaban J connectivity index is 0.000000194. The Morgan fingerprint density at radius 3 is 1.20 bits per heavy atom. The molecule has 15 aromatic rings. The molecule has 0 unspecified atom stereocenters. The van der Waals surface area contributed by atoms with Crippen molar-refractivity contribution in [3.05, 3.63) is 355 Å². The number of aromatic nitrogens is 3. The summed E-state index contributed by atoms with van der Waals surface area (Å²) < 4.78 is 57.0. The molecule has 5 N–H and O–H groups in total. The van der Waals surface area contributed by atoms with Crippen LogP contribution in [0.4, 0.5) is 17.1 Å². The van der Waals surface area contributed by atoms with E-state index in [9.17, 15) is 33.9 Å². The fraction of sp³-hybridized carbons (Fsp3) is 0.165. The highest BCUT2D eigenvalue weighted by atomic mass is 79.9. The number of anilines is 3. The maximum atomic E-state index is 12.6. The minimum atomic E-state index is -0.446. The van der Waals surface area contributed by atoms with Gasteiger partial charge in [-0.15, -0.1) is 0 Å². The van der Waals surface area contributed by atoms with Crippen molar-refractivity contribution in [1.82, 2.24) is 0 Å². The van der Waals surface area contributed by atoms with Gasteiger partial charge in [-0.05, 0) is 151 Å². The molecule has 15 rings (SSSR count). The lowest BCUT2D eigenvalue weighted by atomic mass is 9.93. The van der Waals surface area contributed by atoms with Gasteiger partial charge < -0.3 is 118 Å². The third kappa shape index (κ3) is 25.1. The number of aryl methyl sites for hydroxylation is 4. The van der Waals surface area contributed by atoms with Crippen molar-refractivity contribution in [2.45, 2.75) is 86.7 Å². The zero-order valence-electron chi connectivity index (χ0n) is 67.9. The molecule has 0 aliphatic heterocycles. The number of furan rings is 3. The lowest BCUT2D eigenvalue weighted by molar-refractivity contribution is -0.697. The van der Waals surface area contributed by atoms with Crippen molar-refractivity contribution in [3.63, 3.8) is 0 Å². The SMILES string of the molecule is CC(/C=C/c1c(C)cc(CO)c(C)c1C)=C\C=C\C(C)=C\C(=O)Nc1cc[n+](CCCOc2c3occc3cc3ccc(=O)oc23)cc1.O=C(/C=C/c1ccc(CO)cc1)Nc1cc[n+](CCCOc2c3occc3cc3ccc(=O)oc23)cc1.O=C(/C=C/c1ccccc1)Nc1cc[n+](CCCOc2c3occc3cc3ccc(=O)oc23)cc1.[Br-].[Br-].[Br-]. The van der Waals surface area contributed by atoms with E-state index in [-0.39, 0.29) is 81.9 Å². The van der Waals surface area contributed by atoms with Crippen LogP contribution in [0.1, 0.15) is 77.6 Å². The van der Waals surface area contributed by atoms with Crippen molar-refractivity contribution in [2.75, 3.05) is 35.8 Å². The summed E-state index contributed by atoms with van der Waals surface area (Å²) in [5.74, 6) is 0.663. The average molecular weight is 1850 g/mol. The van der Waals surface area contributed by atoms with Crippen LogP contribution in [-0.2, 0) is 47.2 Å². The van der Waals surface area contributed by atoms with Crippen molar-refractivity contribution >= 4 is 119 Å². The lowest BCUT2D eigenvalue weighted by Gasteiger charge is -2.13. The quantitative estimate of drug-likeness (QED) is 0.00969. The van der Waals surface area contributed by atoms with E-state index in [0.717, 1.165) is 76.8 Å². The molecule has 630 valence electrons. The number of benzene rings is 6. The molecule has 6 aromatic carbocycles. The highest BCUT2D eigenvalue weighted by Gasteiger charge is 2.20. The molecule has 9 aromatic heterocycles. The van der Waals surface area contributed by atoms with E-state index in [2.05, 4.69) is 41.9 Å². The smallest absolute Gasteiger partial charge is 0.336 e. The first kappa shape index (κ1) is 91.9. The Bertz CT molecular complexity index is 6560. The van der Waals surface area contributed by atoms with Gasteiger partial charge in [-0.25, -0.2) is 28.1 Å². The number of hydrogen-bond acceptors (Lipinski definition) is 17. The Hall–Kier alpha value is -13.4. The molecule has 0 fully saturated rings. The molecular formula is C97H89Br3N6O17. The number of fused-ring (bicyclic) bond motifs is 6. The van der Waals surface area contributed by atoms with E-state index in [4.69, 9.17) is 45.8 Å². The number of nitrogens with one attached hydrogen (secondary N) is 3. The van der Waals surface area contributed by atoms with Crippen LogP contribution < -0.4 is 112 Å². The van der Waals surface area contributed by atoms with E-state index in [0.29, 0.717) is 127 Å². The van der Waals surface area contributed by atoms with E-state index in [1.54, 1.807) is 55.2 Å². The largest absolute Gasteiger partial charge is 1.00 e. The van der Waals surface area contributed by atoms with Gasteiger partial charge in [0, 0.05) is 124 Å². The van der Waals surface area contributed by atoms with Crippen molar-refractivity contribution in [3.8, 4) is 17.2 Å². The Labute approximate surface area is 738 Å². The zero-order valence-corrected chi connectivity index (χ0v) is 72.7. The lowest BCUT2D eigenvalue weighted by Crippen LogP contribution is -3.00. The van der Waals surface area contributed by atoms with Crippen molar-refractivity contribution in [1.29, 1.82) is 0 Å². The predicted octanol–water partition coefficient (Wildman–Crippen LogP) is 8.21. The first-order valence-electron chi connectivity index (χ1n) is 39.0. The van der Waals surface area contributed by atoms with Crippen LogP contribution in [0.5, 0.6) is 17.2 Å². The second-order valence-corrected chi connectivity index (χ2v) is 28.3. The number of hydrogen-bond donors (Lipinski definition) is 5. The number of pyridine rings is 3. The number of halogens is 3. The van der Waals surface area contributed by atoms with Crippen LogP contribution >= 0.6 is 0 Å². The molecular weight excluding hydrogens is 1760 g/mol. The molecule has 9 heterocycles. The topological polar surface area (TPSA) is 297 Å². The van der Waals surface area contributed by atoms with E-state index in [1.807, 2.05) is 223 Å². The van der Waals surface area contributed by atoms with E-state index < -0.39 is 16.9 Å². The van der Waals surface area contributed by atoms with Gasteiger partial charge in [0.25, 0.3) is 0 Å². The summed E-state index contributed by atoms with van der Waals surface area (Å²) in [7, 11) is 0. The van der Waals surface area contributed by atoms with Crippen LogP contribution in [0.25, 0.3) is 84.0 Å². The minimum absolute atomic E-state index is 0. The minimum Gasteiger partial charge on any atom is -1.00 e. The molecule has 0 saturated heterocycles. The Morgan fingerprint density at radius 1 is 0.407 bits per heavy atom. The number of carbonyl (C=O) groups is 3. The standard InChI is InChI=1S/C40H40N2O6.C29H24N2O6.C28H22N2O5.3BrH/c1-26(10-12-35-28(3)23-33(25-43)29(4)30(35)5)8-6-9-27(2)22-36(44)41-34-14-18-42(19-15-34)17-7-20-46-40-38-32(16-21-47-38)24-31-11-13-37(45)48-39(31)40;32-19-21-4-2-20(3-5-21)6-8-25(33)30-24-10-14-31(15-11-24)13-1-16-35-29-27-23(12-17-36-27)18-22-7-9-26(34)37-28(22)29;31-24(9-7-20-5-2-1-3-6-20)29-23-11-15-30(16-12-23)14-4-17-33-28-26-22(13-18-34-26)19-21-8-10-25(32)35-27(21)28;;;/h6,8-16,18-19,21-24,43H,7,17,20,25H2,1-5H3;2-12,14-15,17-18,32H,1,13,16,19H2;1-3,5-13,15-16,18-19H,4,14,17H2;3*1H/b9-6+,12-10+,26-8+,27-22+;8-6+;9-7+;;;. The van der Waals surface area contributed by atoms with Gasteiger partial charge in [0.1, 0.15) is 0 Å². The van der Waals surface area contributed by atoms with Crippen LogP contribution in [0.2, 0.25) is 0 Å². The molecule has 0 saturated carbocycles. The number of aliphatic hydroxyl groups is 2. The summed E-state index contributed by atoms with van der Waals surface area (Å²) in [6.45, 7) is 13.4. The second-order valence-electron chi connectivity index (χ2n) is 28.3. The number of allylic oxidation sites excluding steroid dienone is 6. The number of rotatable bonds is 29. The molecule has 0 spiro atoms. The number of nitrogens with zero attached hydrogens (tertiary/aromatic N) is 3. The summed E-state index contributed by atoms with van der Waals surface area (Å²) in [4.78, 5) is 72.3. The first-order valence-corrected chi connectivity index (χ1v) is 39.0. The molecule has 23 nitrogen and oxygen atoms in total. The average Bonchev–Trinajstić information content (AvgIpc) is 1.75. The Kier molecular flexibility index (Phi) is 33.5. The number of amides is 3. The van der Waals surface area contributed by atoms with Crippen molar-refractivity contribution in [2.24, 2.45) is 0 Å². The van der Waals surface area contributed by atoms with E-state index >= 15 is 0 Å². The summed E-state index contributed by atoms with van der Waals surface area (Å²) in [6.07, 6.45) is 36.3. The molecule has 26 heteroatoms. The van der Waals surface area contributed by atoms with Crippen LogP contribution in [-0.4, -0.2) is 47.8 Å². The molecule has 0 bridgehead atoms. The van der Waals surface area contributed by atoms with Gasteiger partial charge >= 0.3 is 16.9 Å². The second kappa shape index (κ2) is 44.8. The number of aliphatic hydroxyl groups excluding tert-OH is 2. The first-order chi connectivity index (χ1) is 58.4. The highest BCUT2D eigenvalue weighted by Crippen LogP contribution is 2.38. The molecule has 3 amide bonds. The highest BCUT2D eigenvalue weighted by molar-refractivity contribution is 6.04. The normalized spacial score (nSPS) is 11.5. The third-order valence-electron chi connectivity index (χ3n) is 19.6. The summed E-state index contributed by atoms with van der Waals surface area (Å²) in [5, 5.41) is 32.2.